The van der Waals surface area contributed by atoms with Gasteiger partial charge in [-0.3, -0.25) is 5.41 Å². The summed E-state index contributed by atoms with van der Waals surface area (Å²) in [6.07, 6.45) is 7.10. The van der Waals surface area contributed by atoms with Crippen LogP contribution >= 0.6 is 0 Å². The maximum Gasteiger partial charge on any atom is 0.194 e. The molecule has 88 valence electrons. The van der Waals surface area contributed by atoms with E-state index in [1.165, 1.54) is 0 Å². The molecule has 0 unspecified atom stereocenters. The van der Waals surface area contributed by atoms with Crippen LogP contribution in [-0.4, -0.2) is 41.9 Å². The summed E-state index contributed by atoms with van der Waals surface area (Å²) in [6.45, 7) is 17.3. The Morgan fingerprint density at radius 2 is 1.00 bits per heavy atom. The van der Waals surface area contributed by atoms with E-state index in [0.29, 0.717) is 32.1 Å². The molecule has 0 aromatic rings. The fraction of sp³-hybridized carbons (Fsp3) is 0.308. The highest BCUT2D eigenvalue weighted by atomic mass is 15.3. The van der Waals surface area contributed by atoms with Crippen LogP contribution in [0, 0.1) is 5.41 Å². The molecule has 0 fully saturated rings. The fourth-order valence-electron chi connectivity index (χ4n) is 1.32. The van der Waals surface area contributed by atoms with Gasteiger partial charge in [0.25, 0.3) is 0 Å². The van der Waals surface area contributed by atoms with Gasteiger partial charge in [0.15, 0.2) is 5.96 Å². The van der Waals surface area contributed by atoms with Crippen molar-refractivity contribution in [1.29, 1.82) is 5.41 Å². The zero-order chi connectivity index (χ0) is 12.4. The molecule has 0 atom stereocenters. The van der Waals surface area contributed by atoms with Crippen molar-refractivity contribution in [1.82, 2.24) is 9.80 Å². The standard InChI is InChI=1S/C13H21N3/c1-5-9-15(10-6-2)13(14)16(11-7-3)12-8-4/h5-8,14H,1-4,9-12H2. The number of hydrogen-bond donors (Lipinski definition) is 1. The van der Waals surface area contributed by atoms with E-state index in [-0.39, 0.29) is 0 Å². The Morgan fingerprint density at radius 3 is 1.19 bits per heavy atom. The van der Waals surface area contributed by atoms with Gasteiger partial charge >= 0.3 is 0 Å². The Morgan fingerprint density at radius 1 is 0.750 bits per heavy atom. The molecule has 0 saturated carbocycles. The minimum atomic E-state index is 0.444. The van der Waals surface area contributed by atoms with E-state index in [1.54, 1.807) is 24.3 Å². The quantitative estimate of drug-likeness (QED) is 0.385. The van der Waals surface area contributed by atoms with E-state index < -0.39 is 0 Å². The van der Waals surface area contributed by atoms with Crippen molar-refractivity contribution in [2.75, 3.05) is 26.2 Å². The van der Waals surface area contributed by atoms with Crippen molar-refractivity contribution in [3.8, 4) is 0 Å². The van der Waals surface area contributed by atoms with Gasteiger partial charge in [-0.1, -0.05) is 24.3 Å². The summed E-state index contributed by atoms with van der Waals surface area (Å²) in [5.74, 6) is 0.444. The lowest BCUT2D eigenvalue weighted by Crippen LogP contribution is -2.44. The maximum atomic E-state index is 8.08. The predicted molar refractivity (Wildman–Crippen MR) is 71.7 cm³/mol. The molecule has 0 aromatic heterocycles. The molecule has 0 spiro atoms. The summed E-state index contributed by atoms with van der Waals surface area (Å²) in [4.78, 5) is 3.76. The van der Waals surface area contributed by atoms with Crippen molar-refractivity contribution in [2.45, 2.75) is 0 Å². The summed E-state index contributed by atoms with van der Waals surface area (Å²) in [5, 5.41) is 8.08. The molecular weight excluding hydrogens is 198 g/mol. The molecule has 0 aromatic carbocycles. The molecule has 0 rings (SSSR count). The van der Waals surface area contributed by atoms with Gasteiger partial charge in [0, 0.05) is 26.2 Å². The molecule has 0 saturated heterocycles. The SMILES string of the molecule is C=CCN(CC=C)C(=N)N(CC=C)CC=C. The smallest absolute Gasteiger partial charge is 0.194 e. The molecule has 3 nitrogen and oxygen atoms in total. The largest absolute Gasteiger partial charge is 0.336 e. The van der Waals surface area contributed by atoms with Gasteiger partial charge in [-0.15, -0.1) is 26.3 Å². The molecule has 16 heavy (non-hydrogen) atoms. The summed E-state index contributed by atoms with van der Waals surface area (Å²) in [7, 11) is 0. The Bertz CT molecular complexity index is 222. The Balaban J connectivity index is 4.61. The van der Waals surface area contributed by atoms with Crippen LogP contribution in [0.15, 0.2) is 50.6 Å². The Kier molecular flexibility index (Phi) is 7.59. The highest BCUT2D eigenvalue weighted by molar-refractivity contribution is 5.77. The van der Waals surface area contributed by atoms with Gasteiger partial charge in [0.1, 0.15) is 0 Å². The van der Waals surface area contributed by atoms with E-state index in [9.17, 15) is 0 Å². The number of nitrogens with zero attached hydrogens (tertiary/aromatic N) is 2. The molecular formula is C13H21N3. The van der Waals surface area contributed by atoms with E-state index in [1.807, 2.05) is 9.80 Å². The van der Waals surface area contributed by atoms with Gasteiger partial charge < -0.3 is 9.80 Å². The minimum absolute atomic E-state index is 0.444. The molecule has 0 aliphatic rings. The average Bonchev–Trinajstić information content (AvgIpc) is 2.27. The van der Waals surface area contributed by atoms with E-state index in [2.05, 4.69) is 26.3 Å². The molecule has 0 aliphatic heterocycles. The molecule has 1 N–H and O–H groups in total. The third-order valence-electron chi connectivity index (χ3n) is 2.00. The van der Waals surface area contributed by atoms with Crippen molar-refractivity contribution in [3.05, 3.63) is 50.6 Å². The third kappa shape index (κ3) is 4.64. The van der Waals surface area contributed by atoms with Crippen LogP contribution < -0.4 is 0 Å². The second-order valence-corrected chi connectivity index (χ2v) is 3.29. The average molecular weight is 219 g/mol. The molecule has 3 heteroatoms. The maximum absolute atomic E-state index is 8.08. The van der Waals surface area contributed by atoms with Crippen LogP contribution in [0.25, 0.3) is 0 Å². The predicted octanol–water partition coefficient (Wildman–Crippen LogP) is 2.27. The Labute approximate surface area is 98.6 Å². The molecule has 0 heterocycles. The van der Waals surface area contributed by atoms with Gasteiger partial charge in [-0.05, 0) is 0 Å². The summed E-state index contributed by atoms with van der Waals surface area (Å²) in [5.41, 5.74) is 0. The van der Waals surface area contributed by atoms with Crippen LogP contribution in [-0.2, 0) is 0 Å². The highest BCUT2D eigenvalue weighted by Crippen LogP contribution is 1.99. The topological polar surface area (TPSA) is 30.3 Å². The van der Waals surface area contributed by atoms with Gasteiger partial charge in [0.2, 0.25) is 0 Å². The third-order valence-corrected chi connectivity index (χ3v) is 2.00. The van der Waals surface area contributed by atoms with Crippen molar-refractivity contribution in [2.24, 2.45) is 0 Å². The number of nitrogens with one attached hydrogen (secondary N) is 1. The van der Waals surface area contributed by atoms with E-state index in [0.717, 1.165) is 0 Å². The lowest BCUT2D eigenvalue weighted by atomic mass is 10.4. The first-order valence-corrected chi connectivity index (χ1v) is 5.23. The fourth-order valence-corrected chi connectivity index (χ4v) is 1.32. The first kappa shape index (κ1) is 14.2. The first-order chi connectivity index (χ1) is 7.71. The second kappa shape index (κ2) is 8.53. The zero-order valence-corrected chi connectivity index (χ0v) is 9.86. The highest BCUT2D eigenvalue weighted by Gasteiger charge is 2.12. The lowest BCUT2D eigenvalue weighted by Gasteiger charge is -2.30. The van der Waals surface area contributed by atoms with Crippen LogP contribution in [0.5, 0.6) is 0 Å². The summed E-state index contributed by atoms with van der Waals surface area (Å²) < 4.78 is 0. The summed E-state index contributed by atoms with van der Waals surface area (Å²) >= 11 is 0. The first-order valence-electron chi connectivity index (χ1n) is 5.23. The van der Waals surface area contributed by atoms with Crippen LogP contribution in [0.4, 0.5) is 0 Å². The number of rotatable bonds is 8. The van der Waals surface area contributed by atoms with E-state index >= 15 is 0 Å². The van der Waals surface area contributed by atoms with Crippen LogP contribution in [0.3, 0.4) is 0 Å². The zero-order valence-electron chi connectivity index (χ0n) is 9.86. The lowest BCUT2D eigenvalue weighted by molar-refractivity contribution is 0.386. The summed E-state index contributed by atoms with van der Waals surface area (Å²) in [6, 6.07) is 0. The van der Waals surface area contributed by atoms with Crippen molar-refractivity contribution in [3.63, 3.8) is 0 Å². The molecule has 0 radical (unpaired) electrons. The Hall–Kier alpha value is -1.77. The number of hydrogen-bond acceptors (Lipinski definition) is 1. The second-order valence-electron chi connectivity index (χ2n) is 3.29. The van der Waals surface area contributed by atoms with Crippen molar-refractivity contribution < 1.29 is 0 Å². The van der Waals surface area contributed by atoms with Gasteiger partial charge in [-0.25, -0.2) is 0 Å². The molecule has 0 bridgehead atoms. The normalized spacial score (nSPS) is 9.00. The van der Waals surface area contributed by atoms with Crippen LogP contribution in [0.2, 0.25) is 0 Å². The molecule has 0 amide bonds. The minimum Gasteiger partial charge on any atom is -0.336 e. The van der Waals surface area contributed by atoms with Gasteiger partial charge in [0.05, 0.1) is 0 Å². The monoisotopic (exact) mass is 219 g/mol. The van der Waals surface area contributed by atoms with E-state index in [4.69, 9.17) is 5.41 Å². The molecule has 0 aliphatic carbocycles. The number of guanidine groups is 1. The van der Waals surface area contributed by atoms with Crippen molar-refractivity contribution >= 4 is 5.96 Å². The van der Waals surface area contributed by atoms with Gasteiger partial charge in [-0.2, -0.15) is 0 Å². The van der Waals surface area contributed by atoms with Crippen LogP contribution in [0.1, 0.15) is 0 Å².